The average molecular weight is 395 g/mol. The Balaban J connectivity index is 1.98. The molecule has 1 unspecified atom stereocenters. The summed E-state index contributed by atoms with van der Waals surface area (Å²) >= 11 is 2.21. The van der Waals surface area contributed by atoms with Gasteiger partial charge in [0.15, 0.2) is 0 Å². The first-order valence-electron chi connectivity index (χ1n) is 6.63. The zero-order valence-corrected chi connectivity index (χ0v) is 13.3. The second kappa shape index (κ2) is 6.03. The zero-order valence-electron chi connectivity index (χ0n) is 11.2. The van der Waals surface area contributed by atoms with E-state index < -0.39 is 6.10 Å². The van der Waals surface area contributed by atoms with Crippen molar-refractivity contribution < 1.29 is 14.6 Å². The van der Waals surface area contributed by atoms with Gasteiger partial charge >= 0.3 is 0 Å². The highest BCUT2D eigenvalue weighted by Crippen LogP contribution is 2.28. The Labute approximate surface area is 136 Å². The molecule has 5 heteroatoms. The van der Waals surface area contributed by atoms with Crippen molar-refractivity contribution in [3.63, 3.8) is 0 Å². The van der Waals surface area contributed by atoms with Crippen LogP contribution in [0.2, 0.25) is 0 Å². The number of hydrogen-bond donors (Lipinski definition) is 2. The van der Waals surface area contributed by atoms with E-state index in [2.05, 4.69) is 27.9 Å². The standard InChI is InChI=1S/C16H14INO3/c17-12-3-1-2-10(8-12)15(19)11-4-5-14-13(9-11)16(20)18-6-7-21-14/h1-5,8-9,15,19H,6-7H2,(H,18,20). The first-order valence-corrected chi connectivity index (χ1v) is 7.71. The van der Waals surface area contributed by atoms with Crippen LogP contribution in [0, 0.1) is 3.57 Å². The van der Waals surface area contributed by atoms with Gasteiger partial charge in [0.2, 0.25) is 0 Å². The number of amides is 1. The van der Waals surface area contributed by atoms with E-state index in [1.54, 1.807) is 18.2 Å². The Kier molecular flexibility index (Phi) is 4.12. The van der Waals surface area contributed by atoms with E-state index >= 15 is 0 Å². The number of ether oxygens (including phenoxy) is 1. The highest BCUT2D eigenvalue weighted by Gasteiger charge is 2.19. The summed E-state index contributed by atoms with van der Waals surface area (Å²) in [5, 5.41) is 13.3. The number of aliphatic hydroxyl groups is 1. The van der Waals surface area contributed by atoms with E-state index in [4.69, 9.17) is 4.74 Å². The lowest BCUT2D eigenvalue weighted by Gasteiger charge is -2.14. The molecular formula is C16H14INO3. The number of rotatable bonds is 2. The summed E-state index contributed by atoms with van der Waals surface area (Å²) in [5.74, 6) is 0.391. The van der Waals surface area contributed by atoms with E-state index in [0.717, 1.165) is 9.13 Å². The van der Waals surface area contributed by atoms with Crippen molar-refractivity contribution in [2.45, 2.75) is 6.10 Å². The van der Waals surface area contributed by atoms with E-state index in [1.165, 1.54) is 0 Å². The molecule has 0 bridgehead atoms. The van der Waals surface area contributed by atoms with Crippen molar-refractivity contribution in [2.75, 3.05) is 13.2 Å². The van der Waals surface area contributed by atoms with Crippen LogP contribution in [0.25, 0.3) is 0 Å². The quantitative estimate of drug-likeness (QED) is 0.769. The summed E-state index contributed by atoms with van der Waals surface area (Å²) in [5.41, 5.74) is 1.95. The molecule has 0 aromatic heterocycles. The van der Waals surface area contributed by atoms with Crippen LogP contribution in [0.15, 0.2) is 42.5 Å². The van der Waals surface area contributed by atoms with Crippen LogP contribution in [0.4, 0.5) is 0 Å². The highest BCUT2D eigenvalue weighted by molar-refractivity contribution is 14.1. The van der Waals surface area contributed by atoms with Crippen molar-refractivity contribution >= 4 is 28.5 Å². The third kappa shape index (κ3) is 3.03. The van der Waals surface area contributed by atoms with Gasteiger partial charge in [-0.05, 0) is 58.0 Å². The second-order valence-electron chi connectivity index (χ2n) is 4.82. The molecule has 3 rings (SSSR count). The predicted octanol–water partition coefficient (Wildman–Crippen LogP) is 2.50. The fourth-order valence-corrected chi connectivity index (χ4v) is 2.88. The molecule has 108 valence electrons. The fourth-order valence-electron chi connectivity index (χ4n) is 2.31. The van der Waals surface area contributed by atoms with E-state index in [-0.39, 0.29) is 5.91 Å². The summed E-state index contributed by atoms with van der Waals surface area (Å²) < 4.78 is 6.57. The number of carbonyl (C=O) groups excluding carboxylic acids is 1. The third-order valence-electron chi connectivity index (χ3n) is 3.37. The molecule has 0 radical (unpaired) electrons. The van der Waals surface area contributed by atoms with Gasteiger partial charge in [0.25, 0.3) is 5.91 Å². The maximum atomic E-state index is 12.0. The van der Waals surface area contributed by atoms with E-state index in [0.29, 0.717) is 30.0 Å². The van der Waals surface area contributed by atoms with Gasteiger partial charge in [-0.1, -0.05) is 18.2 Å². The molecule has 4 nitrogen and oxygen atoms in total. The molecule has 2 N–H and O–H groups in total. The van der Waals surface area contributed by atoms with E-state index in [1.807, 2.05) is 24.3 Å². The van der Waals surface area contributed by atoms with Gasteiger partial charge in [-0.25, -0.2) is 0 Å². The maximum Gasteiger partial charge on any atom is 0.255 e. The summed E-state index contributed by atoms with van der Waals surface area (Å²) in [6.45, 7) is 0.944. The van der Waals surface area contributed by atoms with E-state index in [9.17, 15) is 9.90 Å². The molecule has 0 spiro atoms. The highest BCUT2D eigenvalue weighted by atomic mass is 127. The SMILES string of the molecule is O=C1NCCOc2ccc(C(O)c3cccc(I)c3)cc21. The molecule has 1 aliphatic rings. The van der Waals surface area contributed by atoms with Crippen molar-refractivity contribution in [1.29, 1.82) is 0 Å². The van der Waals surface area contributed by atoms with Gasteiger partial charge in [0.1, 0.15) is 18.5 Å². The van der Waals surface area contributed by atoms with Gasteiger partial charge in [-0.3, -0.25) is 4.79 Å². The lowest BCUT2D eigenvalue weighted by Crippen LogP contribution is -2.24. The Morgan fingerprint density at radius 1 is 1.19 bits per heavy atom. The lowest BCUT2D eigenvalue weighted by atomic mass is 9.99. The number of hydrogen-bond acceptors (Lipinski definition) is 3. The van der Waals surface area contributed by atoms with Crippen LogP contribution in [-0.2, 0) is 0 Å². The Hall–Kier alpha value is -1.60. The molecule has 21 heavy (non-hydrogen) atoms. The summed E-state index contributed by atoms with van der Waals surface area (Å²) in [6.07, 6.45) is -0.763. The molecular weight excluding hydrogens is 381 g/mol. The number of fused-ring (bicyclic) bond motifs is 1. The smallest absolute Gasteiger partial charge is 0.255 e. The number of halogens is 1. The number of benzene rings is 2. The fraction of sp³-hybridized carbons (Fsp3) is 0.188. The zero-order chi connectivity index (χ0) is 14.8. The molecule has 0 saturated heterocycles. The van der Waals surface area contributed by atoms with Crippen molar-refractivity contribution in [2.24, 2.45) is 0 Å². The first-order chi connectivity index (χ1) is 10.1. The number of nitrogens with one attached hydrogen (secondary N) is 1. The summed E-state index contributed by atoms with van der Waals surface area (Å²) in [6, 6.07) is 12.9. The van der Waals surface area contributed by atoms with Crippen LogP contribution in [0.1, 0.15) is 27.6 Å². The predicted molar refractivity (Wildman–Crippen MR) is 87.5 cm³/mol. The minimum absolute atomic E-state index is 0.167. The minimum Gasteiger partial charge on any atom is -0.491 e. The van der Waals surface area contributed by atoms with Crippen LogP contribution >= 0.6 is 22.6 Å². The molecule has 2 aromatic rings. The van der Waals surface area contributed by atoms with Crippen LogP contribution in [0.3, 0.4) is 0 Å². The minimum atomic E-state index is -0.763. The van der Waals surface area contributed by atoms with Crippen molar-refractivity contribution in [3.8, 4) is 5.75 Å². The molecule has 0 aliphatic carbocycles. The van der Waals surface area contributed by atoms with Crippen molar-refractivity contribution in [1.82, 2.24) is 5.32 Å². The molecule has 1 amide bonds. The Morgan fingerprint density at radius 2 is 2.00 bits per heavy atom. The average Bonchev–Trinajstić information content (AvgIpc) is 2.68. The number of carbonyl (C=O) groups is 1. The van der Waals surface area contributed by atoms with Gasteiger partial charge < -0.3 is 15.2 Å². The van der Waals surface area contributed by atoms with Crippen LogP contribution in [-0.4, -0.2) is 24.2 Å². The maximum absolute atomic E-state index is 12.0. The molecule has 2 aromatic carbocycles. The number of aliphatic hydroxyl groups excluding tert-OH is 1. The largest absolute Gasteiger partial charge is 0.491 e. The lowest BCUT2D eigenvalue weighted by molar-refractivity contribution is 0.0957. The third-order valence-corrected chi connectivity index (χ3v) is 4.04. The van der Waals surface area contributed by atoms with Crippen LogP contribution < -0.4 is 10.1 Å². The normalized spacial score (nSPS) is 15.4. The Bertz CT molecular complexity index is 687. The summed E-state index contributed by atoms with van der Waals surface area (Å²) in [4.78, 5) is 12.0. The summed E-state index contributed by atoms with van der Waals surface area (Å²) in [7, 11) is 0. The van der Waals surface area contributed by atoms with Crippen molar-refractivity contribution in [3.05, 3.63) is 62.7 Å². The topological polar surface area (TPSA) is 58.6 Å². The van der Waals surface area contributed by atoms with Crippen LogP contribution in [0.5, 0.6) is 5.75 Å². The molecule has 1 atom stereocenters. The molecule has 0 fully saturated rings. The van der Waals surface area contributed by atoms with Gasteiger partial charge in [-0.15, -0.1) is 0 Å². The Morgan fingerprint density at radius 3 is 2.81 bits per heavy atom. The molecule has 1 heterocycles. The molecule has 1 aliphatic heterocycles. The van der Waals surface area contributed by atoms with Gasteiger partial charge in [-0.2, -0.15) is 0 Å². The monoisotopic (exact) mass is 395 g/mol. The van der Waals surface area contributed by atoms with Gasteiger partial charge in [0, 0.05) is 3.57 Å². The van der Waals surface area contributed by atoms with Gasteiger partial charge in [0.05, 0.1) is 12.1 Å². The molecule has 0 saturated carbocycles. The first kappa shape index (κ1) is 14.3. The second-order valence-corrected chi connectivity index (χ2v) is 6.06.